The summed E-state index contributed by atoms with van der Waals surface area (Å²) in [5.74, 6) is 0.861. The number of hydrogen-bond acceptors (Lipinski definition) is 7. The number of nitrogens with one attached hydrogen (secondary N) is 2. The summed E-state index contributed by atoms with van der Waals surface area (Å²) in [6.45, 7) is 3.82. The fourth-order valence-corrected chi connectivity index (χ4v) is 3.31. The minimum absolute atomic E-state index is 0.0394. The number of nitrogens with zero attached hydrogens (tertiary/aromatic N) is 3. The van der Waals surface area contributed by atoms with Crippen LogP contribution in [0.2, 0.25) is 0 Å². The van der Waals surface area contributed by atoms with Gasteiger partial charge in [0.05, 0.1) is 13.7 Å². The van der Waals surface area contributed by atoms with Gasteiger partial charge in [0, 0.05) is 31.5 Å². The quantitative estimate of drug-likeness (QED) is 0.585. The Morgan fingerprint density at radius 3 is 2.60 bits per heavy atom. The number of rotatable bonds is 9. The van der Waals surface area contributed by atoms with E-state index in [4.69, 9.17) is 9.47 Å². The molecule has 0 unspecified atom stereocenters. The van der Waals surface area contributed by atoms with Gasteiger partial charge in [0.15, 0.2) is 11.5 Å². The molecule has 7 nitrogen and oxygen atoms in total. The molecular formula is C20H26F3N5O2. The Morgan fingerprint density at radius 2 is 1.93 bits per heavy atom. The lowest BCUT2D eigenvalue weighted by atomic mass is 10.2. The second-order valence-electron chi connectivity index (χ2n) is 6.95. The molecule has 2 aromatic rings. The number of aromatic nitrogens is 2. The molecule has 1 aliphatic rings. The van der Waals surface area contributed by atoms with Gasteiger partial charge in [-0.3, -0.25) is 0 Å². The largest absolute Gasteiger partial charge is 0.493 e. The molecule has 0 bridgehead atoms. The lowest BCUT2D eigenvalue weighted by molar-refractivity contribution is -0.137. The zero-order chi connectivity index (χ0) is 21.6. The predicted molar refractivity (Wildman–Crippen MR) is 109 cm³/mol. The zero-order valence-corrected chi connectivity index (χ0v) is 17.1. The third-order valence-corrected chi connectivity index (χ3v) is 4.83. The van der Waals surface area contributed by atoms with E-state index in [1.54, 1.807) is 25.3 Å². The van der Waals surface area contributed by atoms with Crippen molar-refractivity contribution in [1.82, 2.24) is 14.9 Å². The van der Waals surface area contributed by atoms with Crippen LogP contribution in [-0.4, -0.2) is 55.3 Å². The molecule has 1 saturated heterocycles. The number of hydrogen-bond donors (Lipinski definition) is 2. The van der Waals surface area contributed by atoms with Crippen LogP contribution in [0, 0.1) is 0 Å². The predicted octanol–water partition coefficient (Wildman–Crippen LogP) is 4.15. The monoisotopic (exact) mass is 425 g/mol. The maximum atomic E-state index is 13.0. The Balaban J connectivity index is 1.66. The first-order valence-electron chi connectivity index (χ1n) is 9.83. The van der Waals surface area contributed by atoms with Gasteiger partial charge in [-0.1, -0.05) is 0 Å². The molecule has 1 aromatic heterocycles. The summed E-state index contributed by atoms with van der Waals surface area (Å²) in [6, 6.07) is 5.16. The summed E-state index contributed by atoms with van der Waals surface area (Å²) >= 11 is 0. The highest BCUT2D eigenvalue weighted by Crippen LogP contribution is 2.35. The maximum Gasteiger partial charge on any atom is 0.421 e. The molecule has 0 atom stereocenters. The van der Waals surface area contributed by atoms with Crippen molar-refractivity contribution < 1.29 is 22.6 Å². The van der Waals surface area contributed by atoms with Crippen LogP contribution in [-0.2, 0) is 6.18 Å². The van der Waals surface area contributed by atoms with Crippen LogP contribution in [0.4, 0.5) is 30.6 Å². The van der Waals surface area contributed by atoms with Crippen LogP contribution < -0.4 is 20.1 Å². The van der Waals surface area contributed by atoms with Gasteiger partial charge in [-0.2, -0.15) is 18.2 Å². The standard InChI is InChI=1S/C20H26F3N5O2/c1-24-18-15(20(21,22)23)13-25-19(27-18)26-14-6-7-16(29-2)17(12-14)30-11-5-10-28-8-3-4-9-28/h6-7,12-13H,3-5,8-11H2,1-2H3,(H2,24,25,26,27). The summed E-state index contributed by atoms with van der Waals surface area (Å²) in [5, 5.41) is 5.37. The first-order valence-corrected chi connectivity index (χ1v) is 9.83. The first kappa shape index (κ1) is 21.9. The normalized spacial score (nSPS) is 14.6. The number of alkyl halides is 3. The summed E-state index contributed by atoms with van der Waals surface area (Å²) < 4.78 is 50.2. The van der Waals surface area contributed by atoms with E-state index in [1.807, 2.05) is 0 Å². The zero-order valence-electron chi connectivity index (χ0n) is 17.1. The van der Waals surface area contributed by atoms with Crippen LogP contribution in [0.3, 0.4) is 0 Å². The number of methoxy groups -OCH3 is 1. The molecule has 2 heterocycles. The van der Waals surface area contributed by atoms with Gasteiger partial charge in [-0.15, -0.1) is 0 Å². The number of ether oxygens (including phenoxy) is 2. The van der Waals surface area contributed by atoms with Crippen molar-refractivity contribution in [2.24, 2.45) is 0 Å². The molecule has 1 aliphatic heterocycles. The highest BCUT2D eigenvalue weighted by atomic mass is 19.4. The van der Waals surface area contributed by atoms with Crippen molar-refractivity contribution in [2.75, 3.05) is 51.0 Å². The molecule has 1 aromatic carbocycles. The van der Waals surface area contributed by atoms with E-state index in [2.05, 4.69) is 25.5 Å². The van der Waals surface area contributed by atoms with E-state index in [-0.39, 0.29) is 11.8 Å². The molecule has 2 N–H and O–H groups in total. The van der Waals surface area contributed by atoms with Crippen LogP contribution in [0.5, 0.6) is 11.5 Å². The maximum absolute atomic E-state index is 13.0. The Kier molecular flexibility index (Phi) is 7.20. The van der Waals surface area contributed by atoms with Gasteiger partial charge in [0.25, 0.3) is 0 Å². The first-order chi connectivity index (χ1) is 14.4. The highest BCUT2D eigenvalue weighted by molar-refractivity contribution is 5.61. The molecular weight excluding hydrogens is 399 g/mol. The molecule has 10 heteroatoms. The molecule has 3 rings (SSSR count). The van der Waals surface area contributed by atoms with Crippen molar-refractivity contribution in [3.05, 3.63) is 30.0 Å². The van der Waals surface area contributed by atoms with Gasteiger partial charge in [0.2, 0.25) is 5.95 Å². The van der Waals surface area contributed by atoms with Gasteiger partial charge in [0.1, 0.15) is 11.4 Å². The molecule has 164 valence electrons. The van der Waals surface area contributed by atoms with E-state index >= 15 is 0 Å². The molecule has 30 heavy (non-hydrogen) atoms. The van der Waals surface area contributed by atoms with E-state index < -0.39 is 11.7 Å². The average Bonchev–Trinajstić information content (AvgIpc) is 3.24. The number of anilines is 3. The Bertz CT molecular complexity index is 842. The van der Waals surface area contributed by atoms with Crippen LogP contribution >= 0.6 is 0 Å². The fourth-order valence-electron chi connectivity index (χ4n) is 3.31. The summed E-state index contributed by atoms with van der Waals surface area (Å²) in [4.78, 5) is 10.1. The Hall–Kier alpha value is -2.75. The Labute approximate surface area is 173 Å². The van der Waals surface area contributed by atoms with Crippen molar-refractivity contribution in [3.63, 3.8) is 0 Å². The Morgan fingerprint density at radius 1 is 1.17 bits per heavy atom. The van der Waals surface area contributed by atoms with Gasteiger partial charge >= 0.3 is 6.18 Å². The summed E-state index contributed by atoms with van der Waals surface area (Å²) in [7, 11) is 2.93. The summed E-state index contributed by atoms with van der Waals surface area (Å²) in [6.07, 6.45) is -0.380. The van der Waals surface area contributed by atoms with Crippen molar-refractivity contribution >= 4 is 17.5 Å². The lowest BCUT2D eigenvalue weighted by Crippen LogP contribution is -2.21. The third-order valence-electron chi connectivity index (χ3n) is 4.83. The average molecular weight is 425 g/mol. The van der Waals surface area contributed by atoms with Crippen molar-refractivity contribution in [2.45, 2.75) is 25.4 Å². The minimum Gasteiger partial charge on any atom is -0.493 e. The third kappa shape index (κ3) is 5.65. The molecule has 1 fully saturated rings. The second kappa shape index (κ2) is 9.84. The van der Waals surface area contributed by atoms with Crippen LogP contribution in [0.25, 0.3) is 0 Å². The molecule has 0 amide bonds. The molecule has 0 aliphatic carbocycles. The second-order valence-corrected chi connectivity index (χ2v) is 6.95. The van der Waals surface area contributed by atoms with Gasteiger partial charge in [-0.05, 0) is 44.5 Å². The van der Waals surface area contributed by atoms with Crippen LogP contribution in [0.15, 0.2) is 24.4 Å². The van der Waals surface area contributed by atoms with Gasteiger partial charge < -0.3 is 25.0 Å². The number of halogens is 3. The molecule has 0 radical (unpaired) electrons. The number of benzene rings is 1. The number of likely N-dealkylation sites (tertiary alicyclic amines) is 1. The summed E-state index contributed by atoms with van der Waals surface area (Å²) in [5.41, 5.74) is -0.348. The lowest BCUT2D eigenvalue weighted by Gasteiger charge is -2.16. The van der Waals surface area contributed by atoms with Crippen molar-refractivity contribution in [1.29, 1.82) is 0 Å². The minimum atomic E-state index is -4.53. The van der Waals surface area contributed by atoms with E-state index in [0.29, 0.717) is 23.8 Å². The highest BCUT2D eigenvalue weighted by Gasteiger charge is 2.35. The topological polar surface area (TPSA) is 71.5 Å². The van der Waals surface area contributed by atoms with Gasteiger partial charge in [-0.25, -0.2) is 4.98 Å². The van der Waals surface area contributed by atoms with E-state index in [1.165, 1.54) is 19.9 Å². The van der Waals surface area contributed by atoms with Crippen molar-refractivity contribution in [3.8, 4) is 11.5 Å². The fraction of sp³-hybridized carbons (Fsp3) is 0.500. The SMILES string of the molecule is CNc1nc(Nc2ccc(OC)c(OCCCN3CCCC3)c2)ncc1C(F)(F)F. The van der Waals surface area contributed by atoms with Crippen LogP contribution in [0.1, 0.15) is 24.8 Å². The smallest absolute Gasteiger partial charge is 0.421 e. The van der Waals surface area contributed by atoms with E-state index in [9.17, 15) is 13.2 Å². The molecule has 0 saturated carbocycles. The van der Waals surface area contributed by atoms with E-state index in [0.717, 1.165) is 32.3 Å². The molecule has 0 spiro atoms.